The monoisotopic (exact) mass is 246 g/mol. The molecule has 0 saturated heterocycles. The summed E-state index contributed by atoms with van der Waals surface area (Å²) >= 11 is 1.94. The van der Waals surface area contributed by atoms with Crippen molar-refractivity contribution in [2.45, 2.75) is 43.9 Å². The molecule has 90 valence electrons. The first-order valence-electron chi connectivity index (χ1n) is 6.19. The van der Waals surface area contributed by atoms with Gasteiger partial charge in [0.25, 0.3) is 0 Å². The Kier molecular flexibility index (Phi) is 3.72. The molecule has 0 spiro atoms. The van der Waals surface area contributed by atoms with Crippen LogP contribution in [-0.2, 0) is 0 Å². The largest absolute Gasteiger partial charge is 0.213 e. The van der Waals surface area contributed by atoms with E-state index in [1.54, 1.807) is 0 Å². The zero-order chi connectivity index (χ0) is 12.4. The molecule has 0 unspecified atom stereocenters. The fraction of sp³-hybridized carbons (Fsp3) is 0.400. The lowest BCUT2D eigenvalue weighted by molar-refractivity contribution is -0.691. The van der Waals surface area contributed by atoms with E-state index in [1.165, 1.54) is 15.8 Å². The minimum Gasteiger partial charge on any atom is -0.196 e. The molecule has 0 radical (unpaired) electrons. The first-order chi connectivity index (χ1) is 8.09. The minimum absolute atomic E-state index is 0.498. The molecule has 0 aliphatic rings. The molecule has 17 heavy (non-hydrogen) atoms. The van der Waals surface area contributed by atoms with Crippen LogP contribution in [0.1, 0.15) is 33.7 Å². The highest BCUT2D eigenvalue weighted by atomic mass is 32.2. The van der Waals surface area contributed by atoms with Gasteiger partial charge in [0.05, 0.1) is 5.39 Å². The van der Waals surface area contributed by atoms with Crippen LogP contribution < -0.4 is 4.57 Å². The third-order valence-electron chi connectivity index (χ3n) is 2.75. The molecule has 1 aromatic carbocycles. The Morgan fingerprint density at radius 2 is 1.76 bits per heavy atom. The third kappa shape index (κ3) is 2.63. The Labute approximate surface area is 108 Å². The van der Waals surface area contributed by atoms with Gasteiger partial charge in [-0.15, -0.1) is 11.8 Å². The standard InChI is InChI=1S/C15H20NS/c1-11(2)16-10-6-7-13-14(16)8-5-9-15(13)17-12(3)4/h5-12H,1-4H3/q+1. The summed E-state index contributed by atoms with van der Waals surface area (Å²) < 4.78 is 2.33. The van der Waals surface area contributed by atoms with E-state index in [4.69, 9.17) is 0 Å². The fourth-order valence-corrected chi connectivity index (χ4v) is 3.01. The van der Waals surface area contributed by atoms with Gasteiger partial charge in [-0.3, -0.25) is 0 Å². The number of benzene rings is 1. The molecule has 0 aliphatic carbocycles. The van der Waals surface area contributed by atoms with E-state index in [2.05, 4.69) is 68.8 Å². The van der Waals surface area contributed by atoms with E-state index in [-0.39, 0.29) is 0 Å². The second-order valence-corrected chi connectivity index (χ2v) is 6.48. The molecule has 0 amide bonds. The minimum atomic E-state index is 0.498. The van der Waals surface area contributed by atoms with Crippen molar-refractivity contribution in [2.24, 2.45) is 0 Å². The van der Waals surface area contributed by atoms with Crippen LogP contribution in [0.15, 0.2) is 41.4 Å². The molecule has 1 aromatic heterocycles. The van der Waals surface area contributed by atoms with E-state index >= 15 is 0 Å². The molecule has 0 saturated carbocycles. The number of thioether (sulfide) groups is 1. The molecule has 0 N–H and O–H groups in total. The highest BCUT2D eigenvalue weighted by Gasteiger charge is 2.14. The van der Waals surface area contributed by atoms with Crippen LogP contribution in [-0.4, -0.2) is 5.25 Å². The van der Waals surface area contributed by atoms with E-state index < -0.39 is 0 Å². The number of pyridine rings is 1. The van der Waals surface area contributed by atoms with Crippen molar-refractivity contribution >= 4 is 22.7 Å². The van der Waals surface area contributed by atoms with E-state index in [1.807, 2.05) is 11.8 Å². The average Bonchev–Trinajstić information content (AvgIpc) is 2.28. The van der Waals surface area contributed by atoms with Gasteiger partial charge in [-0.1, -0.05) is 19.9 Å². The van der Waals surface area contributed by atoms with Gasteiger partial charge in [-0.05, 0) is 26.0 Å². The Morgan fingerprint density at radius 3 is 2.41 bits per heavy atom. The lowest BCUT2D eigenvalue weighted by Gasteiger charge is -2.09. The van der Waals surface area contributed by atoms with Crippen molar-refractivity contribution in [3.05, 3.63) is 36.5 Å². The maximum absolute atomic E-state index is 2.33. The molecular formula is C15H20NS+. The molecular weight excluding hydrogens is 226 g/mol. The van der Waals surface area contributed by atoms with Crippen LogP contribution in [0.2, 0.25) is 0 Å². The summed E-state index contributed by atoms with van der Waals surface area (Å²) in [6, 6.07) is 11.5. The van der Waals surface area contributed by atoms with E-state index in [0.29, 0.717) is 11.3 Å². The first kappa shape index (κ1) is 12.4. The van der Waals surface area contributed by atoms with Gasteiger partial charge in [0.1, 0.15) is 0 Å². The van der Waals surface area contributed by atoms with E-state index in [9.17, 15) is 0 Å². The van der Waals surface area contributed by atoms with Crippen molar-refractivity contribution in [1.82, 2.24) is 0 Å². The molecule has 2 rings (SSSR count). The van der Waals surface area contributed by atoms with Crippen molar-refractivity contribution in [3.8, 4) is 0 Å². The lowest BCUT2D eigenvalue weighted by atomic mass is 10.2. The first-order valence-corrected chi connectivity index (χ1v) is 7.07. The number of aromatic nitrogens is 1. The van der Waals surface area contributed by atoms with Crippen LogP contribution >= 0.6 is 11.8 Å². The summed E-state index contributed by atoms with van der Waals surface area (Å²) in [6.07, 6.45) is 2.16. The van der Waals surface area contributed by atoms with Gasteiger partial charge in [0.2, 0.25) is 5.52 Å². The molecule has 1 heterocycles. The number of nitrogens with zero attached hydrogens (tertiary/aromatic N) is 1. The summed E-state index contributed by atoms with van der Waals surface area (Å²) in [7, 11) is 0. The number of hydrogen-bond acceptors (Lipinski definition) is 1. The van der Waals surface area contributed by atoms with Crippen LogP contribution in [0.4, 0.5) is 0 Å². The summed E-state index contributed by atoms with van der Waals surface area (Å²) in [6.45, 7) is 8.93. The smallest absolute Gasteiger partial charge is 0.196 e. The Hall–Kier alpha value is -1.02. The van der Waals surface area contributed by atoms with Gasteiger partial charge in [0.15, 0.2) is 12.2 Å². The second-order valence-electron chi connectivity index (χ2n) is 4.86. The molecule has 2 heteroatoms. The van der Waals surface area contributed by atoms with Crippen LogP contribution in [0.5, 0.6) is 0 Å². The van der Waals surface area contributed by atoms with Gasteiger partial charge in [-0.2, -0.15) is 4.57 Å². The zero-order valence-electron chi connectivity index (χ0n) is 11.0. The maximum Gasteiger partial charge on any atom is 0.213 e. The second kappa shape index (κ2) is 5.09. The molecule has 2 aromatic rings. The summed E-state index contributed by atoms with van der Waals surface area (Å²) in [4.78, 5) is 1.38. The molecule has 1 nitrogen and oxygen atoms in total. The molecule has 0 atom stereocenters. The average molecular weight is 246 g/mol. The number of fused-ring (bicyclic) bond motifs is 1. The predicted octanol–water partition coefficient (Wildman–Crippen LogP) is 4.21. The Morgan fingerprint density at radius 1 is 1.00 bits per heavy atom. The summed E-state index contributed by atoms with van der Waals surface area (Å²) in [5.74, 6) is 0. The van der Waals surface area contributed by atoms with Gasteiger partial charge in [0, 0.05) is 22.3 Å². The lowest BCUT2D eigenvalue weighted by Crippen LogP contribution is -2.36. The summed E-state index contributed by atoms with van der Waals surface area (Å²) in [5.41, 5.74) is 1.33. The van der Waals surface area contributed by atoms with Crippen LogP contribution in [0, 0.1) is 0 Å². The Bertz CT molecular complexity index is 517. The van der Waals surface area contributed by atoms with Gasteiger partial charge >= 0.3 is 0 Å². The zero-order valence-corrected chi connectivity index (χ0v) is 11.8. The van der Waals surface area contributed by atoms with Crippen LogP contribution in [0.3, 0.4) is 0 Å². The summed E-state index contributed by atoms with van der Waals surface area (Å²) in [5, 5.41) is 1.98. The van der Waals surface area contributed by atoms with Crippen molar-refractivity contribution in [2.75, 3.05) is 0 Å². The highest BCUT2D eigenvalue weighted by molar-refractivity contribution is 8.00. The Balaban J connectivity index is 2.61. The van der Waals surface area contributed by atoms with Crippen molar-refractivity contribution in [3.63, 3.8) is 0 Å². The molecule has 0 fully saturated rings. The number of hydrogen-bond donors (Lipinski definition) is 0. The molecule has 0 bridgehead atoms. The third-order valence-corrected chi connectivity index (χ3v) is 3.83. The topological polar surface area (TPSA) is 3.88 Å². The predicted molar refractivity (Wildman–Crippen MR) is 75.5 cm³/mol. The highest BCUT2D eigenvalue weighted by Crippen LogP contribution is 2.29. The number of rotatable bonds is 3. The normalized spacial score (nSPS) is 11.6. The SMILES string of the molecule is CC(C)Sc1cccc2c1ccc[n+]2C(C)C. The van der Waals surface area contributed by atoms with Crippen molar-refractivity contribution < 1.29 is 4.57 Å². The van der Waals surface area contributed by atoms with E-state index in [0.717, 1.165) is 0 Å². The molecule has 0 aliphatic heterocycles. The quantitative estimate of drug-likeness (QED) is 0.579. The van der Waals surface area contributed by atoms with Gasteiger partial charge in [-0.25, -0.2) is 0 Å². The van der Waals surface area contributed by atoms with Gasteiger partial charge < -0.3 is 0 Å². The maximum atomic E-state index is 2.33. The van der Waals surface area contributed by atoms with Crippen LogP contribution in [0.25, 0.3) is 10.9 Å². The fourth-order valence-electron chi connectivity index (χ4n) is 2.04. The van der Waals surface area contributed by atoms with Crippen molar-refractivity contribution in [1.29, 1.82) is 0 Å².